The molecule has 0 atom stereocenters. The van der Waals surface area contributed by atoms with Crippen LogP contribution in [-0.4, -0.2) is 23.1 Å². The fourth-order valence-electron chi connectivity index (χ4n) is 2.15. The molecule has 2 aromatic rings. The Bertz CT molecular complexity index is 784. The molecule has 0 aromatic heterocycles. The molecule has 0 spiro atoms. The van der Waals surface area contributed by atoms with Crippen LogP contribution >= 0.6 is 23.4 Å². The SMILES string of the molecule is CN1C(=O)S/C(=C\c2cccc(-c3ccc(Cl)cc3)c2)C1=O. The Kier molecular flexibility index (Phi) is 4.05. The lowest BCUT2D eigenvalue weighted by Gasteiger charge is -2.04. The highest BCUT2D eigenvalue weighted by molar-refractivity contribution is 8.18. The van der Waals surface area contributed by atoms with Crippen LogP contribution < -0.4 is 0 Å². The molecule has 22 heavy (non-hydrogen) atoms. The van der Waals surface area contributed by atoms with E-state index in [9.17, 15) is 9.59 Å². The van der Waals surface area contributed by atoms with Crippen LogP contribution in [0.15, 0.2) is 53.4 Å². The van der Waals surface area contributed by atoms with Crippen LogP contribution in [0.2, 0.25) is 5.02 Å². The van der Waals surface area contributed by atoms with Crippen molar-refractivity contribution in [3.63, 3.8) is 0 Å². The number of benzene rings is 2. The first-order valence-electron chi connectivity index (χ1n) is 6.62. The molecule has 1 fully saturated rings. The van der Waals surface area contributed by atoms with E-state index in [-0.39, 0.29) is 11.1 Å². The zero-order valence-electron chi connectivity index (χ0n) is 11.7. The third-order valence-electron chi connectivity index (χ3n) is 3.35. The van der Waals surface area contributed by atoms with Crippen molar-refractivity contribution in [1.82, 2.24) is 4.90 Å². The second-order valence-corrected chi connectivity index (χ2v) is 6.30. The van der Waals surface area contributed by atoms with Crippen molar-refractivity contribution in [3.05, 3.63) is 64.0 Å². The molecule has 1 aliphatic heterocycles. The molecule has 0 N–H and O–H groups in total. The lowest BCUT2D eigenvalue weighted by atomic mass is 10.0. The van der Waals surface area contributed by atoms with Crippen LogP contribution in [0.5, 0.6) is 0 Å². The zero-order valence-corrected chi connectivity index (χ0v) is 13.3. The summed E-state index contributed by atoms with van der Waals surface area (Å²) in [5.74, 6) is -0.258. The number of rotatable bonds is 2. The van der Waals surface area contributed by atoms with Gasteiger partial charge in [0.15, 0.2) is 0 Å². The quantitative estimate of drug-likeness (QED) is 0.751. The van der Waals surface area contributed by atoms with E-state index in [1.165, 1.54) is 7.05 Å². The average molecular weight is 330 g/mol. The summed E-state index contributed by atoms with van der Waals surface area (Å²) in [6.07, 6.45) is 1.74. The van der Waals surface area contributed by atoms with Gasteiger partial charge >= 0.3 is 0 Å². The van der Waals surface area contributed by atoms with E-state index < -0.39 is 0 Å². The smallest absolute Gasteiger partial charge is 0.272 e. The predicted molar refractivity (Wildman–Crippen MR) is 90.6 cm³/mol. The molecule has 5 heteroatoms. The topological polar surface area (TPSA) is 37.4 Å². The Morgan fingerprint density at radius 3 is 2.41 bits per heavy atom. The van der Waals surface area contributed by atoms with Gasteiger partial charge in [-0.1, -0.05) is 41.9 Å². The number of nitrogens with zero attached hydrogens (tertiary/aromatic N) is 1. The van der Waals surface area contributed by atoms with Gasteiger partial charge in [-0.3, -0.25) is 14.5 Å². The number of carbonyl (C=O) groups is 2. The van der Waals surface area contributed by atoms with Gasteiger partial charge in [-0.05, 0) is 52.7 Å². The number of carbonyl (C=O) groups excluding carboxylic acids is 2. The Hall–Kier alpha value is -2.04. The minimum Gasteiger partial charge on any atom is -0.272 e. The number of imide groups is 1. The number of amides is 2. The summed E-state index contributed by atoms with van der Waals surface area (Å²) in [5.41, 5.74) is 2.95. The van der Waals surface area contributed by atoms with Crippen LogP contribution in [0.4, 0.5) is 4.79 Å². The molecule has 0 unspecified atom stereocenters. The van der Waals surface area contributed by atoms with Crippen LogP contribution in [0, 0.1) is 0 Å². The molecule has 0 radical (unpaired) electrons. The Labute approximate surface area is 137 Å². The van der Waals surface area contributed by atoms with E-state index in [0.29, 0.717) is 9.93 Å². The van der Waals surface area contributed by atoms with Crippen molar-refractivity contribution in [2.45, 2.75) is 0 Å². The van der Waals surface area contributed by atoms with Gasteiger partial charge in [0.2, 0.25) is 0 Å². The van der Waals surface area contributed by atoms with Gasteiger partial charge in [0.05, 0.1) is 4.91 Å². The molecule has 3 rings (SSSR count). The minimum atomic E-state index is -0.258. The van der Waals surface area contributed by atoms with Crippen molar-refractivity contribution < 1.29 is 9.59 Å². The largest absolute Gasteiger partial charge is 0.293 e. The molecule has 2 aromatic carbocycles. The molecular formula is C17H12ClNO2S. The van der Waals surface area contributed by atoms with E-state index >= 15 is 0 Å². The molecule has 1 aliphatic rings. The van der Waals surface area contributed by atoms with Crippen LogP contribution in [-0.2, 0) is 4.79 Å². The van der Waals surface area contributed by atoms with Crippen molar-refractivity contribution in [2.75, 3.05) is 7.05 Å². The van der Waals surface area contributed by atoms with Gasteiger partial charge in [-0.25, -0.2) is 0 Å². The van der Waals surface area contributed by atoms with Gasteiger partial charge in [-0.2, -0.15) is 0 Å². The summed E-state index contributed by atoms with van der Waals surface area (Å²) < 4.78 is 0. The maximum absolute atomic E-state index is 11.9. The summed E-state index contributed by atoms with van der Waals surface area (Å²) >= 11 is 6.86. The van der Waals surface area contributed by atoms with Crippen molar-refractivity contribution in [3.8, 4) is 11.1 Å². The molecule has 2 amide bonds. The second kappa shape index (κ2) is 5.99. The molecule has 3 nitrogen and oxygen atoms in total. The lowest BCUT2D eigenvalue weighted by Crippen LogP contribution is -2.22. The molecule has 0 aliphatic carbocycles. The highest BCUT2D eigenvalue weighted by Crippen LogP contribution is 2.31. The summed E-state index contributed by atoms with van der Waals surface area (Å²) in [5, 5.41) is 0.446. The average Bonchev–Trinajstić information content (AvgIpc) is 2.76. The third-order valence-corrected chi connectivity index (χ3v) is 4.56. The van der Waals surface area contributed by atoms with Crippen LogP contribution in [0.1, 0.15) is 5.56 Å². The number of hydrogen-bond donors (Lipinski definition) is 0. The third kappa shape index (κ3) is 2.93. The summed E-state index contributed by atoms with van der Waals surface area (Å²) in [4.78, 5) is 25.0. The predicted octanol–water partition coefficient (Wildman–Crippen LogP) is 4.67. The van der Waals surface area contributed by atoms with E-state index in [1.54, 1.807) is 6.08 Å². The van der Waals surface area contributed by atoms with Crippen LogP contribution in [0.25, 0.3) is 17.2 Å². The molecule has 0 saturated carbocycles. The lowest BCUT2D eigenvalue weighted by molar-refractivity contribution is -0.121. The van der Waals surface area contributed by atoms with Gasteiger partial charge in [0.1, 0.15) is 0 Å². The van der Waals surface area contributed by atoms with Gasteiger partial charge in [-0.15, -0.1) is 0 Å². The van der Waals surface area contributed by atoms with E-state index in [2.05, 4.69) is 0 Å². The summed E-state index contributed by atoms with van der Waals surface area (Å²) in [7, 11) is 1.49. The second-order valence-electron chi connectivity index (χ2n) is 4.87. The van der Waals surface area contributed by atoms with Gasteiger partial charge in [0.25, 0.3) is 11.1 Å². The summed E-state index contributed by atoms with van der Waals surface area (Å²) in [6.45, 7) is 0. The van der Waals surface area contributed by atoms with E-state index in [4.69, 9.17) is 11.6 Å². The summed E-state index contributed by atoms with van der Waals surface area (Å²) in [6, 6.07) is 15.4. The van der Waals surface area contributed by atoms with Crippen molar-refractivity contribution in [2.24, 2.45) is 0 Å². The molecule has 110 valence electrons. The fraction of sp³-hybridized carbons (Fsp3) is 0.0588. The molecular weight excluding hydrogens is 318 g/mol. The number of halogens is 1. The van der Waals surface area contributed by atoms with Crippen molar-refractivity contribution in [1.29, 1.82) is 0 Å². The molecule has 1 heterocycles. The number of likely N-dealkylation sites (N-methyl/N-ethyl adjacent to an activating group) is 1. The maximum atomic E-state index is 11.9. The molecule has 0 bridgehead atoms. The van der Waals surface area contributed by atoms with Gasteiger partial charge < -0.3 is 0 Å². The van der Waals surface area contributed by atoms with E-state index in [0.717, 1.165) is 33.4 Å². The first-order chi connectivity index (χ1) is 10.5. The zero-order chi connectivity index (χ0) is 15.7. The Morgan fingerprint density at radius 1 is 1.05 bits per heavy atom. The number of thioether (sulfide) groups is 1. The monoisotopic (exact) mass is 329 g/mol. The highest BCUT2D eigenvalue weighted by atomic mass is 35.5. The normalized spacial score (nSPS) is 16.6. The fourth-order valence-corrected chi connectivity index (χ4v) is 3.10. The van der Waals surface area contributed by atoms with E-state index in [1.807, 2.05) is 48.5 Å². The molecule has 1 saturated heterocycles. The highest BCUT2D eigenvalue weighted by Gasteiger charge is 2.31. The maximum Gasteiger partial charge on any atom is 0.293 e. The van der Waals surface area contributed by atoms with Crippen LogP contribution in [0.3, 0.4) is 0 Å². The minimum absolute atomic E-state index is 0.245. The standard InChI is InChI=1S/C17H12ClNO2S/c1-19-16(20)15(22-17(19)21)10-11-3-2-4-13(9-11)12-5-7-14(18)8-6-12/h2-10H,1H3/b15-10-. The Morgan fingerprint density at radius 2 is 1.77 bits per heavy atom. The number of hydrogen-bond acceptors (Lipinski definition) is 3. The van der Waals surface area contributed by atoms with Crippen molar-refractivity contribution >= 4 is 40.6 Å². The first kappa shape index (κ1) is 14.9. The Balaban J connectivity index is 1.94. The van der Waals surface area contributed by atoms with Gasteiger partial charge in [0, 0.05) is 12.1 Å². The first-order valence-corrected chi connectivity index (χ1v) is 7.81.